The van der Waals surface area contributed by atoms with Crippen molar-refractivity contribution in [3.05, 3.63) is 53.6 Å². The molecule has 0 aromatic heterocycles. The molecule has 1 atom stereocenters. The van der Waals surface area contributed by atoms with Gasteiger partial charge in [-0.25, -0.2) is 4.79 Å². The Morgan fingerprint density at radius 1 is 1.00 bits per heavy atom. The van der Waals surface area contributed by atoms with E-state index in [0.717, 1.165) is 18.4 Å². The largest absolute Gasteiger partial charge is 0.486 e. The summed E-state index contributed by atoms with van der Waals surface area (Å²) in [7, 11) is 0. The molecule has 1 unspecified atom stereocenters. The lowest BCUT2D eigenvalue weighted by atomic mass is 10.0. The number of piperidine rings is 1. The van der Waals surface area contributed by atoms with Gasteiger partial charge >= 0.3 is 6.03 Å². The number of likely N-dealkylation sites (tertiary alicyclic amines) is 1. The van der Waals surface area contributed by atoms with E-state index in [1.54, 1.807) is 25.1 Å². The van der Waals surface area contributed by atoms with Gasteiger partial charge in [0.25, 0.3) is 5.91 Å². The van der Waals surface area contributed by atoms with E-state index in [0.29, 0.717) is 49.1 Å². The Balaban J connectivity index is 1.23. The fourth-order valence-corrected chi connectivity index (χ4v) is 4.19. The number of anilines is 1. The van der Waals surface area contributed by atoms with Gasteiger partial charge in [0.05, 0.1) is 6.04 Å². The molecule has 9 heteroatoms. The third-order valence-electron chi connectivity index (χ3n) is 6.22. The number of benzene rings is 2. The minimum Gasteiger partial charge on any atom is -0.486 e. The number of rotatable bonds is 5. The van der Waals surface area contributed by atoms with Crippen LogP contribution in [0, 0.1) is 6.92 Å². The van der Waals surface area contributed by atoms with E-state index in [4.69, 9.17) is 9.47 Å². The number of nitrogens with one attached hydrogen (secondary N) is 3. The Labute approximate surface area is 198 Å². The number of hydrogen-bond acceptors (Lipinski definition) is 6. The fraction of sp³-hybridized carbons (Fsp3) is 0.400. The maximum atomic E-state index is 12.6. The summed E-state index contributed by atoms with van der Waals surface area (Å²) >= 11 is 0. The predicted octanol–water partition coefficient (Wildman–Crippen LogP) is 2.70. The van der Waals surface area contributed by atoms with Gasteiger partial charge in [0.2, 0.25) is 5.91 Å². The number of ether oxygens (including phenoxy) is 2. The molecule has 2 heterocycles. The molecule has 0 spiro atoms. The Hall–Kier alpha value is -3.59. The summed E-state index contributed by atoms with van der Waals surface area (Å²) in [5.74, 6) is 0.733. The van der Waals surface area contributed by atoms with Gasteiger partial charge in [0, 0.05) is 36.4 Å². The highest BCUT2D eigenvalue weighted by molar-refractivity contribution is 6.02. The molecule has 2 aliphatic rings. The monoisotopic (exact) mass is 466 g/mol. The first-order valence-electron chi connectivity index (χ1n) is 11.5. The van der Waals surface area contributed by atoms with Crippen molar-refractivity contribution in [1.29, 1.82) is 0 Å². The van der Waals surface area contributed by atoms with Crippen LogP contribution >= 0.6 is 0 Å². The first-order chi connectivity index (χ1) is 16.4. The second-order valence-corrected chi connectivity index (χ2v) is 8.58. The second-order valence-electron chi connectivity index (χ2n) is 8.58. The molecular formula is C25H30N4O5. The highest BCUT2D eigenvalue weighted by atomic mass is 16.6. The number of urea groups is 1. The van der Waals surface area contributed by atoms with Crippen molar-refractivity contribution in [2.75, 3.05) is 31.6 Å². The molecule has 2 aromatic carbocycles. The zero-order valence-electron chi connectivity index (χ0n) is 19.4. The molecule has 0 aliphatic carbocycles. The van der Waals surface area contributed by atoms with Crippen LogP contribution in [-0.4, -0.2) is 61.1 Å². The Morgan fingerprint density at radius 2 is 1.71 bits per heavy atom. The molecular weight excluding hydrogens is 436 g/mol. The van der Waals surface area contributed by atoms with Crippen molar-refractivity contribution in [3.8, 4) is 11.5 Å². The maximum absolute atomic E-state index is 12.6. The molecule has 34 heavy (non-hydrogen) atoms. The van der Waals surface area contributed by atoms with E-state index in [1.807, 2.05) is 36.1 Å². The van der Waals surface area contributed by atoms with Crippen LogP contribution < -0.4 is 25.4 Å². The van der Waals surface area contributed by atoms with Crippen molar-refractivity contribution >= 4 is 23.5 Å². The van der Waals surface area contributed by atoms with Gasteiger partial charge in [0.1, 0.15) is 13.2 Å². The molecule has 2 aliphatic heterocycles. The van der Waals surface area contributed by atoms with Gasteiger partial charge in [-0.05, 0) is 50.5 Å². The summed E-state index contributed by atoms with van der Waals surface area (Å²) in [5, 5.41) is 8.16. The number of aryl methyl sites for hydroxylation is 1. The molecule has 4 rings (SSSR count). The third-order valence-corrected chi connectivity index (χ3v) is 6.22. The zero-order valence-corrected chi connectivity index (χ0v) is 19.4. The van der Waals surface area contributed by atoms with E-state index < -0.39 is 12.1 Å². The lowest BCUT2D eigenvalue weighted by molar-refractivity contribution is -0.125. The summed E-state index contributed by atoms with van der Waals surface area (Å²) in [5.41, 5.74) is 2.13. The number of carbonyl (C=O) groups excluding carboxylic acids is 3. The van der Waals surface area contributed by atoms with Gasteiger partial charge in [-0.1, -0.05) is 18.2 Å². The normalized spacial score (nSPS) is 16.9. The molecule has 1 saturated heterocycles. The Morgan fingerprint density at radius 3 is 2.44 bits per heavy atom. The summed E-state index contributed by atoms with van der Waals surface area (Å²) in [6, 6.07) is 11.6. The van der Waals surface area contributed by atoms with Crippen LogP contribution in [-0.2, 0) is 4.79 Å². The van der Waals surface area contributed by atoms with Gasteiger partial charge in [-0.3, -0.25) is 19.8 Å². The Bertz CT molecular complexity index is 1070. The number of fused-ring (bicyclic) bond motifs is 1. The highest BCUT2D eigenvalue weighted by Gasteiger charge is 2.28. The van der Waals surface area contributed by atoms with Gasteiger partial charge in [0.15, 0.2) is 11.5 Å². The van der Waals surface area contributed by atoms with Crippen molar-refractivity contribution in [3.63, 3.8) is 0 Å². The van der Waals surface area contributed by atoms with Crippen LogP contribution in [0.15, 0.2) is 42.5 Å². The summed E-state index contributed by atoms with van der Waals surface area (Å²) in [4.78, 5) is 39.5. The third kappa shape index (κ3) is 5.66. The van der Waals surface area contributed by atoms with Crippen LogP contribution in [0.5, 0.6) is 11.5 Å². The SMILES string of the molecule is Cc1ccccc1C(=O)NC1CCN(C(C)C(=O)NC(=O)Nc2ccc3c(c2)OCCO3)CC1. The number of carbonyl (C=O) groups is 3. The number of nitrogens with zero attached hydrogens (tertiary/aromatic N) is 1. The van der Waals surface area contributed by atoms with Crippen molar-refractivity contribution in [1.82, 2.24) is 15.5 Å². The molecule has 3 N–H and O–H groups in total. The molecule has 1 fully saturated rings. The molecule has 0 saturated carbocycles. The summed E-state index contributed by atoms with van der Waals surface area (Å²) in [6.07, 6.45) is 1.47. The fourth-order valence-electron chi connectivity index (χ4n) is 4.19. The minimum absolute atomic E-state index is 0.0529. The number of hydrogen-bond donors (Lipinski definition) is 3. The van der Waals surface area contributed by atoms with Crippen LogP contribution in [0.25, 0.3) is 0 Å². The Kier molecular flexibility index (Phi) is 7.32. The van der Waals surface area contributed by atoms with E-state index in [9.17, 15) is 14.4 Å². The van der Waals surface area contributed by atoms with Crippen LogP contribution in [0.1, 0.15) is 35.7 Å². The maximum Gasteiger partial charge on any atom is 0.325 e. The molecule has 9 nitrogen and oxygen atoms in total. The standard InChI is InChI=1S/C25H30N4O5/c1-16-5-3-4-6-20(16)24(31)26-18-9-11-29(12-10-18)17(2)23(30)28-25(32)27-19-7-8-21-22(15-19)34-14-13-33-21/h3-8,15,17-18H,9-14H2,1-2H3,(H,26,31)(H2,27,28,30,32). The smallest absolute Gasteiger partial charge is 0.325 e. The van der Waals surface area contributed by atoms with Crippen LogP contribution in [0.4, 0.5) is 10.5 Å². The van der Waals surface area contributed by atoms with Crippen LogP contribution in [0.2, 0.25) is 0 Å². The summed E-state index contributed by atoms with van der Waals surface area (Å²) < 4.78 is 11.0. The van der Waals surface area contributed by atoms with E-state index in [-0.39, 0.29) is 17.9 Å². The van der Waals surface area contributed by atoms with Gasteiger partial charge < -0.3 is 20.1 Å². The second kappa shape index (κ2) is 10.6. The zero-order chi connectivity index (χ0) is 24.1. The van der Waals surface area contributed by atoms with Crippen molar-refractivity contribution in [2.24, 2.45) is 0 Å². The van der Waals surface area contributed by atoms with Crippen molar-refractivity contribution < 1.29 is 23.9 Å². The van der Waals surface area contributed by atoms with Gasteiger partial charge in [-0.2, -0.15) is 0 Å². The van der Waals surface area contributed by atoms with Gasteiger partial charge in [-0.15, -0.1) is 0 Å². The molecule has 180 valence electrons. The highest BCUT2D eigenvalue weighted by Crippen LogP contribution is 2.32. The molecule has 0 radical (unpaired) electrons. The average molecular weight is 467 g/mol. The predicted molar refractivity (Wildman–Crippen MR) is 127 cm³/mol. The minimum atomic E-state index is -0.603. The lowest BCUT2D eigenvalue weighted by Crippen LogP contribution is -2.53. The number of imide groups is 1. The summed E-state index contributed by atoms with van der Waals surface area (Å²) in [6.45, 7) is 5.93. The molecule has 0 bridgehead atoms. The van der Waals surface area contributed by atoms with E-state index in [2.05, 4.69) is 16.0 Å². The topological polar surface area (TPSA) is 109 Å². The average Bonchev–Trinajstić information content (AvgIpc) is 2.84. The molecule has 4 amide bonds. The lowest BCUT2D eigenvalue weighted by Gasteiger charge is -2.35. The number of amides is 4. The molecule has 2 aromatic rings. The van der Waals surface area contributed by atoms with E-state index in [1.165, 1.54) is 0 Å². The quantitative estimate of drug-likeness (QED) is 0.625. The van der Waals surface area contributed by atoms with E-state index >= 15 is 0 Å². The van der Waals surface area contributed by atoms with Crippen molar-refractivity contribution in [2.45, 2.75) is 38.8 Å². The van der Waals surface area contributed by atoms with Crippen LogP contribution in [0.3, 0.4) is 0 Å². The first kappa shape index (κ1) is 23.6. The first-order valence-corrected chi connectivity index (χ1v) is 11.5.